The molecule has 2 aromatic carbocycles. The fourth-order valence-electron chi connectivity index (χ4n) is 3.42. The van der Waals surface area contributed by atoms with Crippen molar-refractivity contribution in [3.8, 4) is 11.5 Å². The van der Waals surface area contributed by atoms with Crippen LogP contribution in [-0.2, 0) is 11.2 Å². The van der Waals surface area contributed by atoms with Crippen molar-refractivity contribution in [1.82, 2.24) is 5.32 Å². The summed E-state index contributed by atoms with van der Waals surface area (Å²) >= 11 is 0. The van der Waals surface area contributed by atoms with Crippen LogP contribution in [0.1, 0.15) is 30.5 Å². The molecule has 138 valence electrons. The summed E-state index contributed by atoms with van der Waals surface area (Å²) in [4.78, 5) is 16.8. The molecular weight excluding hydrogens is 340 g/mol. The minimum absolute atomic E-state index is 0.123. The summed E-state index contributed by atoms with van der Waals surface area (Å²) in [5.41, 5.74) is 4.44. The monoisotopic (exact) mass is 362 g/mol. The van der Waals surface area contributed by atoms with Gasteiger partial charge in [0.25, 0.3) is 5.91 Å². The summed E-state index contributed by atoms with van der Waals surface area (Å²) in [5, 5.41) is 2.79. The maximum atomic E-state index is 12.4. The van der Waals surface area contributed by atoms with Crippen molar-refractivity contribution < 1.29 is 14.3 Å². The third kappa shape index (κ3) is 3.33. The maximum absolute atomic E-state index is 12.4. The first-order valence-electron chi connectivity index (χ1n) is 8.95. The van der Waals surface area contributed by atoms with Gasteiger partial charge in [-0.15, -0.1) is 0 Å². The van der Waals surface area contributed by atoms with Crippen LogP contribution in [0, 0.1) is 6.92 Å². The van der Waals surface area contributed by atoms with Gasteiger partial charge in [0.2, 0.25) is 0 Å². The number of amidine groups is 1. The van der Waals surface area contributed by atoms with Crippen LogP contribution in [0.2, 0.25) is 0 Å². The Bertz CT molecular complexity index is 989. The highest BCUT2D eigenvalue weighted by Crippen LogP contribution is 2.41. The summed E-state index contributed by atoms with van der Waals surface area (Å²) < 4.78 is 11.7. The number of benzene rings is 2. The first-order chi connectivity index (χ1) is 12.8. The van der Waals surface area contributed by atoms with Crippen molar-refractivity contribution in [3.63, 3.8) is 0 Å². The molecule has 2 aliphatic heterocycles. The fraction of sp³-hybridized carbons (Fsp3) is 0.273. The number of hydrogen-bond acceptors (Lipinski definition) is 4. The average Bonchev–Trinajstić information content (AvgIpc) is 3.09. The Balaban J connectivity index is 1.41. The minimum atomic E-state index is -0.283. The first kappa shape index (κ1) is 17.3. The largest absolute Gasteiger partial charge is 0.483 e. The highest BCUT2D eigenvalue weighted by Gasteiger charge is 2.32. The van der Waals surface area contributed by atoms with Crippen molar-refractivity contribution in [2.75, 3.05) is 6.61 Å². The van der Waals surface area contributed by atoms with Crippen LogP contribution >= 0.6 is 0 Å². The Morgan fingerprint density at radius 3 is 2.96 bits per heavy atom. The van der Waals surface area contributed by atoms with Gasteiger partial charge in [0, 0.05) is 23.1 Å². The lowest BCUT2D eigenvalue weighted by atomic mass is 10.0. The molecule has 0 spiro atoms. The minimum Gasteiger partial charge on any atom is -0.483 e. The van der Waals surface area contributed by atoms with Crippen LogP contribution in [0.5, 0.6) is 11.5 Å². The highest BCUT2D eigenvalue weighted by molar-refractivity contribution is 6.30. The van der Waals surface area contributed by atoms with Crippen LogP contribution in [0.4, 0.5) is 5.69 Å². The van der Waals surface area contributed by atoms with E-state index in [0.29, 0.717) is 17.2 Å². The molecule has 0 saturated carbocycles. The topological polar surface area (TPSA) is 59.9 Å². The predicted octanol–water partition coefficient (Wildman–Crippen LogP) is 3.96. The highest BCUT2D eigenvalue weighted by atomic mass is 16.5. The van der Waals surface area contributed by atoms with Gasteiger partial charge in [0.15, 0.2) is 18.1 Å². The van der Waals surface area contributed by atoms with E-state index in [-0.39, 0.29) is 18.1 Å². The standard InChI is InChI=1S/C22H22N2O3/c1-13-8-9-17-16(10-13)14(2)21(23-17)24-19(25)12-26-18-7-5-6-15-11-22(3,4)27-20(15)18/h5-10H,2,11-12H2,1,3-4H3,(H,23,24,25). The number of carbonyl (C=O) groups excluding carboxylic acids is 1. The molecule has 5 nitrogen and oxygen atoms in total. The van der Waals surface area contributed by atoms with Crippen molar-refractivity contribution in [1.29, 1.82) is 0 Å². The summed E-state index contributed by atoms with van der Waals surface area (Å²) in [5.74, 6) is 1.49. The van der Waals surface area contributed by atoms with E-state index in [1.807, 2.05) is 57.2 Å². The number of hydrogen-bond donors (Lipinski definition) is 1. The Kier molecular flexibility index (Phi) is 4.02. The number of nitrogens with zero attached hydrogens (tertiary/aromatic N) is 1. The molecule has 0 aromatic heterocycles. The molecule has 2 heterocycles. The number of aliphatic imine (C=N–C) groups is 1. The SMILES string of the molecule is C=C1C(NC(=O)COc2cccc3c2OC(C)(C)C3)=Nc2ccc(C)cc21. The Morgan fingerprint density at radius 2 is 2.15 bits per heavy atom. The van der Waals surface area contributed by atoms with Crippen LogP contribution in [-0.4, -0.2) is 24.0 Å². The lowest BCUT2D eigenvalue weighted by Crippen LogP contribution is -2.34. The zero-order valence-corrected chi connectivity index (χ0v) is 15.8. The number of amides is 1. The van der Waals surface area contributed by atoms with Crippen LogP contribution < -0.4 is 14.8 Å². The van der Waals surface area contributed by atoms with Gasteiger partial charge in [0.05, 0.1) is 5.69 Å². The van der Waals surface area contributed by atoms with Crippen LogP contribution in [0.3, 0.4) is 0 Å². The fourth-order valence-corrected chi connectivity index (χ4v) is 3.42. The van der Waals surface area contributed by atoms with E-state index in [9.17, 15) is 4.79 Å². The first-order valence-corrected chi connectivity index (χ1v) is 8.95. The van der Waals surface area contributed by atoms with Crippen LogP contribution in [0.25, 0.3) is 5.57 Å². The molecule has 27 heavy (non-hydrogen) atoms. The van der Waals surface area contributed by atoms with E-state index >= 15 is 0 Å². The molecule has 4 rings (SSSR count). The zero-order valence-electron chi connectivity index (χ0n) is 15.8. The Hall–Kier alpha value is -3.08. The quantitative estimate of drug-likeness (QED) is 0.899. The molecule has 1 N–H and O–H groups in total. The number of fused-ring (bicyclic) bond motifs is 2. The number of para-hydroxylation sites is 1. The summed E-state index contributed by atoms with van der Waals surface area (Å²) in [6.07, 6.45) is 0.819. The summed E-state index contributed by atoms with van der Waals surface area (Å²) in [7, 11) is 0. The second kappa shape index (κ2) is 6.27. The zero-order chi connectivity index (χ0) is 19.2. The second-order valence-electron chi connectivity index (χ2n) is 7.58. The average molecular weight is 362 g/mol. The third-order valence-corrected chi connectivity index (χ3v) is 4.67. The van der Waals surface area contributed by atoms with Gasteiger partial charge in [-0.25, -0.2) is 4.99 Å². The maximum Gasteiger partial charge on any atom is 0.263 e. The molecule has 5 heteroatoms. The smallest absolute Gasteiger partial charge is 0.263 e. The van der Waals surface area contributed by atoms with Crippen LogP contribution in [0.15, 0.2) is 48.0 Å². The molecule has 0 fully saturated rings. The van der Waals surface area contributed by atoms with Gasteiger partial charge in [-0.3, -0.25) is 4.79 Å². The van der Waals surface area contributed by atoms with Crippen molar-refractivity contribution in [3.05, 3.63) is 59.7 Å². The normalized spacial score (nSPS) is 16.3. The number of rotatable bonds is 3. The number of ether oxygens (including phenoxy) is 2. The van der Waals surface area contributed by atoms with E-state index in [0.717, 1.165) is 34.5 Å². The number of nitrogens with one attached hydrogen (secondary N) is 1. The Morgan fingerprint density at radius 1 is 1.33 bits per heavy atom. The van der Waals surface area contributed by atoms with Gasteiger partial charge in [-0.2, -0.15) is 0 Å². The van der Waals surface area contributed by atoms with Gasteiger partial charge in [-0.05, 0) is 39.0 Å². The third-order valence-electron chi connectivity index (χ3n) is 4.67. The Labute approximate surface area is 158 Å². The molecule has 0 aliphatic carbocycles. The molecule has 0 atom stereocenters. The number of aryl methyl sites for hydroxylation is 1. The molecule has 0 saturated heterocycles. The van der Waals surface area contributed by atoms with E-state index in [1.54, 1.807) is 0 Å². The molecule has 2 aliphatic rings. The van der Waals surface area contributed by atoms with Gasteiger partial charge in [0.1, 0.15) is 11.4 Å². The molecule has 0 radical (unpaired) electrons. The summed E-state index contributed by atoms with van der Waals surface area (Å²) in [6, 6.07) is 11.7. The molecule has 0 unspecified atom stereocenters. The van der Waals surface area contributed by atoms with Gasteiger partial charge < -0.3 is 14.8 Å². The lowest BCUT2D eigenvalue weighted by molar-refractivity contribution is -0.121. The molecule has 1 amide bonds. The second-order valence-corrected chi connectivity index (χ2v) is 7.58. The van der Waals surface area contributed by atoms with E-state index in [4.69, 9.17) is 9.47 Å². The molecule has 0 bridgehead atoms. The predicted molar refractivity (Wildman–Crippen MR) is 106 cm³/mol. The molecule has 2 aromatic rings. The number of carbonyl (C=O) groups is 1. The van der Waals surface area contributed by atoms with E-state index in [2.05, 4.69) is 16.9 Å². The summed E-state index contributed by atoms with van der Waals surface area (Å²) in [6.45, 7) is 10.0. The van der Waals surface area contributed by atoms with Crippen molar-refractivity contribution in [2.24, 2.45) is 4.99 Å². The van der Waals surface area contributed by atoms with Crippen molar-refractivity contribution >= 4 is 23.0 Å². The molecular formula is C22H22N2O3. The lowest BCUT2D eigenvalue weighted by Gasteiger charge is -2.18. The van der Waals surface area contributed by atoms with E-state index < -0.39 is 0 Å². The van der Waals surface area contributed by atoms with Gasteiger partial charge in [-0.1, -0.05) is 30.3 Å². The van der Waals surface area contributed by atoms with Crippen molar-refractivity contribution in [2.45, 2.75) is 32.8 Å². The van der Waals surface area contributed by atoms with Gasteiger partial charge >= 0.3 is 0 Å². The van der Waals surface area contributed by atoms with E-state index in [1.165, 1.54) is 0 Å².